The van der Waals surface area contributed by atoms with E-state index in [1.807, 2.05) is 0 Å². The third kappa shape index (κ3) is 6.90. The van der Waals surface area contributed by atoms with Crippen LogP contribution in [0.5, 0.6) is 0 Å². The molecule has 2 N–H and O–H groups in total. The molecule has 0 radical (unpaired) electrons. The second-order valence-corrected chi connectivity index (χ2v) is 6.21. The molecule has 130 valence electrons. The highest BCUT2D eigenvalue weighted by Gasteiger charge is 2.31. The number of hydrogen-bond donors (Lipinski definition) is 2. The lowest BCUT2D eigenvalue weighted by Gasteiger charge is -2.24. The molecular weight excluding hydrogens is 309 g/mol. The monoisotopic (exact) mass is 332 g/mol. The van der Waals surface area contributed by atoms with Crippen molar-refractivity contribution < 1.29 is 22.7 Å². The minimum atomic E-state index is -4.42. The van der Waals surface area contributed by atoms with Crippen molar-refractivity contribution in [2.24, 2.45) is 0 Å². The average Bonchev–Trinajstić information content (AvgIpc) is 2.40. The molecule has 1 aromatic carbocycles. The van der Waals surface area contributed by atoms with Gasteiger partial charge in [-0.25, -0.2) is 4.79 Å². The largest absolute Gasteiger partial charge is 0.444 e. The molecular formula is C16H23F3N2O2. The van der Waals surface area contributed by atoms with E-state index in [0.717, 1.165) is 12.1 Å². The van der Waals surface area contributed by atoms with Gasteiger partial charge in [-0.1, -0.05) is 12.1 Å². The third-order valence-corrected chi connectivity index (χ3v) is 2.99. The van der Waals surface area contributed by atoms with Gasteiger partial charge in [0.25, 0.3) is 0 Å². The van der Waals surface area contributed by atoms with Gasteiger partial charge in [-0.15, -0.1) is 0 Å². The summed E-state index contributed by atoms with van der Waals surface area (Å²) < 4.78 is 43.7. The predicted molar refractivity (Wildman–Crippen MR) is 82.1 cm³/mol. The van der Waals surface area contributed by atoms with Gasteiger partial charge in [0.2, 0.25) is 0 Å². The molecule has 0 aliphatic heterocycles. The van der Waals surface area contributed by atoms with Crippen molar-refractivity contribution >= 4 is 6.09 Å². The van der Waals surface area contributed by atoms with Crippen LogP contribution in [0.25, 0.3) is 0 Å². The van der Waals surface area contributed by atoms with Gasteiger partial charge < -0.3 is 15.4 Å². The fourth-order valence-corrected chi connectivity index (χ4v) is 1.99. The fourth-order valence-electron chi connectivity index (χ4n) is 1.99. The molecule has 0 bridgehead atoms. The minimum Gasteiger partial charge on any atom is -0.444 e. The zero-order valence-electron chi connectivity index (χ0n) is 13.8. The van der Waals surface area contributed by atoms with Crippen LogP contribution in [-0.4, -0.2) is 25.3 Å². The van der Waals surface area contributed by atoms with E-state index in [4.69, 9.17) is 4.74 Å². The highest BCUT2D eigenvalue weighted by molar-refractivity contribution is 5.68. The first-order valence-corrected chi connectivity index (χ1v) is 7.34. The van der Waals surface area contributed by atoms with Gasteiger partial charge in [-0.05, 0) is 58.5 Å². The molecule has 1 aromatic rings. The summed E-state index contributed by atoms with van der Waals surface area (Å²) in [6.45, 7) is 5.70. The molecule has 0 fully saturated rings. The van der Waals surface area contributed by atoms with Gasteiger partial charge >= 0.3 is 12.3 Å². The lowest BCUT2D eigenvalue weighted by atomic mass is 10.0. The van der Waals surface area contributed by atoms with E-state index in [2.05, 4.69) is 10.6 Å². The Morgan fingerprint density at radius 1 is 1.26 bits per heavy atom. The van der Waals surface area contributed by atoms with Crippen LogP contribution in [0.2, 0.25) is 0 Å². The molecule has 0 aromatic heterocycles. The number of carbonyl (C=O) groups excluding carboxylic acids is 1. The van der Waals surface area contributed by atoms with Gasteiger partial charge in [0.1, 0.15) is 5.60 Å². The van der Waals surface area contributed by atoms with Gasteiger partial charge in [-0.3, -0.25) is 0 Å². The summed E-state index contributed by atoms with van der Waals surface area (Å²) in [5.74, 6) is 0. The van der Waals surface area contributed by atoms with Crippen LogP contribution >= 0.6 is 0 Å². The number of alkyl carbamates (subject to hydrolysis) is 1. The first-order chi connectivity index (χ1) is 10.5. The molecule has 0 spiro atoms. The zero-order chi connectivity index (χ0) is 17.7. The lowest BCUT2D eigenvalue weighted by Crippen LogP contribution is -2.36. The predicted octanol–water partition coefficient (Wildman–Crippen LogP) is 3.88. The molecule has 1 rings (SSSR count). The number of halogens is 3. The standard InChI is InChI=1S/C16H23F3N2O2/c1-15(2,3)23-14(22)21-13(8-9-20-4)11-6-5-7-12(10-11)16(17,18)19/h5-7,10,13,20H,8-9H2,1-4H3,(H,21,22). The second-order valence-electron chi connectivity index (χ2n) is 6.21. The van der Waals surface area contributed by atoms with Crippen molar-refractivity contribution in [1.82, 2.24) is 10.6 Å². The summed E-state index contributed by atoms with van der Waals surface area (Å²) in [5, 5.41) is 5.55. The van der Waals surface area contributed by atoms with E-state index in [0.29, 0.717) is 18.5 Å². The highest BCUT2D eigenvalue weighted by Crippen LogP contribution is 2.31. The van der Waals surface area contributed by atoms with E-state index in [9.17, 15) is 18.0 Å². The summed E-state index contributed by atoms with van der Waals surface area (Å²) in [4.78, 5) is 11.9. The summed E-state index contributed by atoms with van der Waals surface area (Å²) in [6, 6.07) is 4.39. The summed E-state index contributed by atoms with van der Waals surface area (Å²) in [5.41, 5.74) is -1.03. The summed E-state index contributed by atoms with van der Waals surface area (Å²) >= 11 is 0. The molecule has 1 atom stereocenters. The van der Waals surface area contributed by atoms with Crippen molar-refractivity contribution in [3.63, 3.8) is 0 Å². The van der Waals surface area contributed by atoms with Crippen LogP contribution in [0, 0.1) is 0 Å². The van der Waals surface area contributed by atoms with Gasteiger partial charge in [0.05, 0.1) is 11.6 Å². The Morgan fingerprint density at radius 2 is 1.91 bits per heavy atom. The topological polar surface area (TPSA) is 50.4 Å². The molecule has 0 aliphatic carbocycles. The Balaban J connectivity index is 2.95. The molecule has 1 unspecified atom stereocenters. The second kappa shape index (κ2) is 7.68. The number of carbonyl (C=O) groups is 1. The fraction of sp³-hybridized carbons (Fsp3) is 0.562. The van der Waals surface area contributed by atoms with E-state index in [1.54, 1.807) is 33.9 Å². The number of amides is 1. The van der Waals surface area contributed by atoms with Crippen LogP contribution in [0.3, 0.4) is 0 Å². The van der Waals surface area contributed by atoms with Crippen molar-refractivity contribution in [3.8, 4) is 0 Å². The van der Waals surface area contributed by atoms with Crippen LogP contribution in [0.15, 0.2) is 24.3 Å². The molecule has 0 aliphatic rings. The molecule has 1 amide bonds. The minimum absolute atomic E-state index is 0.390. The molecule has 23 heavy (non-hydrogen) atoms. The van der Waals surface area contributed by atoms with Crippen LogP contribution in [0.4, 0.5) is 18.0 Å². The molecule has 4 nitrogen and oxygen atoms in total. The first-order valence-electron chi connectivity index (χ1n) is 7.34. The van der Waals surface area contributed by atoms with Crippen molar-refractivity contribution in [3.05, 3.63) is 35.4 Å². The Bertz CT molecular complexity index is 525. The quantitative estimate of drug-likeness (QED) is 0.860. The zero-order valence-corrected chi connectivity index (χ0v) is 13.8. The van der Waals surface area contributed by atoms with Gasteiger partial charge in [-0.2, -0.15) is 13.2 Å². The number of nitrogens with one attached hydrogen (secondary N) is 2. The maximum atomic E-state index is 12.8. The average molecular weight is 332 g/mol. The van der Waals surface area contributed by atoms with Gasteiger partial charge in [0, 0.05) is 0 Å². The van der Waals surface area contributed by atoms with Crippen molar-refractivity contribution in [2.75, 3.05) is 13.6 Å². The van der Waals surface area contributed by atoms with Crippen LogP contribution < -0.4 is 10.6 Å². The third-order valence-electron chi connectivity index (χ3n) is 2.99. The van der Waals surface area contributed by atoms with E-state index in [1.165, 1.54) is 6.07 Å². The number of ether oxygens (including phenoxy) is 1. The Morgan fingerprint density at radius 3 is 2.43 bits per heavy atom. The van der Waals surface area contributed by atoms with Crippen molar-refractivity contribution in [2.45, 2.75) is 45.0 Å². The van der Waals surface area contributed by atoms with Gasteiger partial charge in [0.15, 0.2) is 0 Å². The smallest absolute Gasteiger partial charge is 0.416 e. The van der Waals surface area contributed by atoms with E-state index < -0.39 is 29.5 Å². The van der Waals surface area contributed by atoms with Crippen molar-refractivity contribution in [1.29, 1.82) is 0 Å². The summed E-state index contributed by atoms with van der Waals surface area (Å²) in [6.07, 6.45) is -4.64. The SMILES string of the molecule is CNCCC(NC(=O)OC(C)(C)C)c1cccc(C(F)(F)F)c1. The molecule has 0 saturated carbocycles. The van der Waals surface area contributed by atoms with E-state index >= 15 is 0 Å². The molecule has 7 heteroatoms. The van der Waals surface area contributed by atoms with Crippen LogP contribution in [-0.2, 0) is 10.9 Å². The number of rotatable bonds is 5. The van der Waals surface area contributed by atoms with E-state index in [-0.39, 0.29) is 0 Å². The lowest BCUT2D eigenvalue weighted by molar-refractivity contribution is -0.137. The number of hydrogen-bond acceptors (Lipinski definition) is 3. The number of benzene rings is 1. The first kappa shape index (κ1) is 19.3. The maximum absolute atomic E-state index is 12.8. The summed E-state index contributed by atoms with van der Waals surface area (Å²) in [7, 11) is 1.73. The molecule has 0 heterocycles. The molecule has 0 saturated heterocycles. The van der Waals surface area contributed by atoms with Crippen LogP contribution in [0.1, 0.15) is 44.4 Å². The maximum Gasteiger partial charge on any atom is 0.416 e. The Labute approximate surface area is 134 Å². The normalized spacial score (nSPS) is 13.5. The Hall–Kier alpha value is -1.76. The highest BCUT2D eigenvalue weighted by atomic mass is 19.4. The Kier molecular flexibility index (Phi) is 6.44. The number of alkyl halides is 3.